The first-order valence-corrected chi connectivity index (χ1v) is 8.81. The Morgan fingerprint density at radius 1 is 1.23 bits per heavy atom. The Labute approximate surface area is 153 Å². The standard InChI is InChI=1S/C19H28FN3O3/c1-12-10-14(20)8-9-15(12)22-16(24)23-19(5,13-6-7-13)11-21-17(25)26-18(2,3)4/h8-10,13H,6-7,11H2,1-5H3,(H,21,25)(H2,22,23,24). The lowest BCUT2D eigenvalue weighted by molar-refractivity contribution is 0.0509. The Balaban J connectivity index is 1.96. The number of anilines is 1. The van der Waals surface area contributed by atoms with Gasteiger partial charge in [0.15, 0.2) is 0 Å². The zero-order chi connectivity index (χ0) is 19.5. The topological polar surface area (TPSA) is 79.5 Å². The minimum atomic E-state index is -0.588. The van der Waals surface area contributed by atoms with Crippen LogP contribution in [0.3, 0.4) is 0 Å². The van der Waals surface area contributed by atoms with Gasteiger partial charge < -0.3 is 20.7 Å². The highest BCUT2D eigenvalue weighted by atomic mass is 19.1. The van der Waals surface area contributed by atoms with Gasteiger partial charge in [0.1, 0.15) is 11.4 Å². The molecule has 0 bridgehead atoms. The number of amides is 3. The van der Waals surface area contributed by atoms with Gasteiger partial charge in [0, 0.05) is 12.2 Å². The van der Waals surface area contributed by atoms with E-state index in [4.69, 9.17) is 4.74 Å². The van der Waals surface area contributed by atoms with Gasteiger partial charge in [-0.3, -0.25) is 0 Å². The van der Waals surface area contributed by atoms with Gasteiger partial charge in [-0.15, -0.1) is 0 Å². The van der Waals surface area contributed by atoms with Gasteiger partial charge >= 0.3 is 12.1 Å². The molecule has 3 N–H and O–H groups in total. The molecule has 1 fully saturated rings. The van der Waals surface area contributed by atoms with Crippen molar-refractivity contribution in [3.05, 3.63) is 29.6 Å². The molecule has 1 aromatic carbocycles. The molecule has 0 aliphatic heterocycles. The van der Waals surface area contributed by atoms with Crippen molar-refractivity contribution < 1.29 is 18.7 Å². The maximum atomic E-state index is 13.2. The van der Waals surface area contributed by atoms with Crippen LogP contribution in [0.4, 0.5) is 19.7 Å². The summed E-state index contributed by atoms with van der Waals surface area (Å²) in [5.74, 6) is -0.0599. The molecule has 2 rings (SSSR count). The summed E-state index contributed by atoms with van der Waals surface area (Å²) in [6, 6.07) is 3.80. The molecule has 1 unspecified atom stereocenters. The molecule has 0 radical (unpaired) electrons. The fourth-order valence-corrected chi connectivity index (χ4v) is 2.76. The molecule has 1 atom stereocenters. The van der Waals surface area contributed by atoms with Crippen molar-refractivity contribution in [3.63, 3.8) is 0 Å². The zero-order valence-electron chi connectivity index (χ0n) is 16.0. The maximum Gasteiger partial charge on any atom is 0.407 e. The Morgan fingerprint density at radius 2 is 1.88 bits per heavy atom. The Hall–Kier alpha value is -2.31. The number of halogens is 1. The van der Waals surface area contributed by atoms with Crippen LogP contribution in [-0.4, -0.2) is 29.8 Å². The van der Waals surface area contributed by atoms with Crippen LogP contribution in [0, 0.1) is 18.7 Å². The molecule has 7 heteroatoms. The summed E-state index contributed by atoms with van der Waals surface area (Å²) in [6.07, 6.45) is 1.46. The lowest BCUT2D eigenvalue weighted by Crippen LogP contribution is -2.56. The van der Waals surface area contributed by atoms with Crippen molar-refractivity contribution in [2.45, 2.75) is 58.6 Å². The molecule has 0 saturated heterocycles. The number of urea groups is 1. The first kappa shape index (κ1) is 20.0. The number of carbonyl (C=O) groups is 2. The van der Waals surface area contributed by atoms with Crippen molar-refractivity contribution in [1.29, 1.82) is 0 Å². The number of hydrogen-bond donors (Lipinski definition) is 3. The minimum Gasteiger partial charge on any atom is -0.444 e. The van der Waals surface area contributed by atoms with Gasteiger partial charge in [0.2, 0.25) is 0 Å². The summed E-state index contributed by atoms with van der Waals surface area (Å²) in [6.45, 7) is 9.28. The van der Waals surface area contributed by atoms with Gasteiger partial charge in [0.05, 0.1) is 5.54 Å². The van der Waals surface area contributed by atoms with E-state index in [-0.39, 0.29) is 24.3 Å². The van der Waals surface area contributed by atoms with E-state index >= 15 is 0 Å². The minimum absolute atomic E-state index is 0.266. The molecule has 0 spiro atoms. The summed E-state index contributed by atoms with van der Waals surface area (Å²) in [5.41, 5.74) is 0.0159. The van der Waals surface area contributed by atoms with Gasteiger partial charge in [-0.1, -0.05) is 0 Å². The Bertz CT molecular complexity index is 683. The molecule has 144 valence electrons. The molecule has 1 aliphatic rings. The third-order valence-electron chi connectivity index (χ3n) is 4.31. The number of hydrogen-bond acceptors (Lipinski definition) is 3. The van der Waals surface area contributed by atoms with Crippen molar-refractivity contribution in [1.82, 2.24) is 10.6 Å². The first-order valence-electron chi connectivity index (χ1n) is 8.81. The summed E-state index contributed by atoms with van der Waals surface area (Å²) < 4.78 is 18.4. The van der Waals surface area contributed by atoms with Crippen molar-refractivity contribution in [3.8, 4) is 0 Å². The lowest BCUT2D eigenvalue weighted by atomic mass is 9.96. The quantitative estimate of drug-likeness (QED) is 0.739. The second kappa shape index (κ2) is 7.51. The molecule has 0 aromatic heterocycles. The van der Waals surface area contributed by atoms with Gasteiger partial charge in [-0.25, -0.2) is 14.0 Å². The van der Waals surface area contributed by atoms with Crippen molar-refractivity contribution in [2.75, 3.05) is 11.9 Å². The zero-order valence-corrected chi connectivity index (χ0v) is 16.0. The third kappa shape index (κ3) is 5.89. The number of alkyl carbamates (subject to hydrolysis) is 1. The molecule has 1 aliphatic carbocycles. The number of ether oxygens (including phenoxy) is 1. The molecule has 3 amide bonds. The van der Waals surface area contributed by atoms with E-state index in [9.17, 15) is 14.0 Å². The number of benzene rings is 1. The summed E-state index contributed by atoms with van der Waals surface area (Å²) in [5, 5.41) is 8.43. The predicted octanol–water partition coefficient (Wildman–Crippen LogP) is 3.95. The second-order valence-corrected chi connectivity index (χ2v) is 8.09. The molecular weight excluding hydrogens is 337 g/mol. The van der Waals surface area contributed by atoms with Crippen LogP contribution >= 0.6 is 0 Å². The van der Waals surface area contributed by atoms with Crippen LogP contribution in [0.2, 0.25) is 0 Å². The molecule has 26 heavy (non-hydrogen) atoms. The average Bonchev–Trinajstić information content (AvgIpc) is 3.31. The normalized spacial score (nSPS) is 16.4. The van der Waals surface area contributed by atoms with E-state index < -0.39 is 17.2 Å². The highest BCUT2D eigenvalue weighted by molar-refractivity contribution is 5.90. The van der Waals surface area contributed by atoms with E-state index in [0.29, 0.717) is 11.3 Å². The highest BCUT2D eigenvalue weighted by Gasteiger charge is 2.43. The highest BCUT2D eigenvalue weighted by Crippen LogP contribution is 2.39. The molecule has 1 saturated carbocycles. The number of aryl methyl sites for hydroxylation is 1. The van der Waals surface area contributed by atoms with Crippen LogP contribution in [0.5, 0.6) is 0 Å². The molecule has 6 nitrogen and oxygen atoms in total. The predicted molar refractivity (Wildman–Crippen MR) is 98.7 cm³/mol. The van der Waals surface area contributed by atoms with Crippen LogP contribution < -0.4 is 16.0 Å². The summed E-state index contributed by atoms with van der Waals surface area (Å²) in [7, 11) is 0. The van der Waals surface area contributed by atoms with E-state index in [1.54, 1.807) is 27.7 Å². The second-order valence-electron chi connectivity index (χ2n) is 8.09. The van der Waals surface area contributed by atoms with Crippen molar-refractivity contribution in [2.24, 2.45) is 5.92 Å². The van der Waals surface area contributed by atoms with Gasteiger partial charge in [-0.2, -0.15) is 0 Å². The van der Waals surface area contributed by atoms with Crippen LogP contribution in [-0.2, 0) is 4.74 Å². The van der Waals surface area contributed by atoms with E-state index in [2.05, 4.69) is 16.0 Å². The van der Waals surface area contributed by atoms with Gasteiger partial charge in [-0.05, 0) is 77.1 Å². The number of carbonyl (C=O) groups excluding carboxylic acids is 2. The fraction of sp³-hybridized carbons (Fsp3) is 0.579. The van der Waals surface area contributed by atoms with Gasteiger partial charge in [0.25, 0.3) is 0 Å². The first-order chi connectivity index (χ1) is 12.0. The Kier molecular flexibility index (Phi) is 5.78. The van der Waals surface area contributed by atoms with E-state index in [1.165, 1.54) is 18.2 Å². The number of nitrogens with one attached hydrogen (secondary N) is 3. The third-order valence-corrected chi connectivity index (χ3v) is 4.31. The SMILES string of the molecule is Cc1cc(F)ccc1NC(=O)NC(C)(CNC(=O)OC(C)(C)C)C1CC1. The fourth-order valence-electron chi connectivity index (χ4n) is 2.76. The molecule has 0 heterocycles. The smallest absolute Gasteiger partial charge is 0.407 e. The van der Waals surface area contributed by atoms with E-state index in [0.717, 1.165) is 12.8 Å². The van der Waals surface area contributed by atoms with Crippen LogP contribution in [0.25, 0.3) is 0 Å². The Morgan fingerprint density at radius 3 is 2.42 bits per heavy atom. The summed E-state index contributed by atoms with van der Waals surface area (Å²) in [4.78, 5) is 24.3. The number of rotatable bonds is 5. The summed E-state index contributed by atoms with van der Waals surface area (Å²) >= 11 is 0. The monoisotopic (exact) mass is 365 g/mol. The molecular formula is C19H28FN3O3. The maximum absolute atomic E-state index is 13.2. The molecule has 1 aromatic rings. The largest absolute Gasteiger partial charge is 0.444 e. The van der Waals surface area contributed by atoms with Crippen LogP contribution in [0.1, 0.15) is 46.1 Å². The lowest BCUT2D eigenvalue weighted by Gasteiger charge is -2.32. The van der Waals surface area contributed by atoms with E-state index in [1.807, 2.05) is 6.92 Å². The van der Waals surface area contributed by atoms with Crippen molar-refractivity contribution >= 4 is 17.8 Å². The average molecular weight is 365 g/mol. The van der Waals surface area contributed by atoms with Crippen LogP contribution in [0.15, 0.2) is 18.2 Å².